The molecule has 0 aliphatic carbocycles. The molecule has 0 saturated carbocycles. The molecule has 3 rings (SSSR count). The molecule has 0 bridgehead atoms. The Morgan fingerprint density at radius 2 is 2.00 bits per heavy atom. The first-order valence-corrected chi connectivity index (χ1v) is 7.44. The molecular weight excluding hydrogens is 278 g/mol. The van der Waals surface area contributed by atoms with Gasteiger partial charge in [-0.15, -0.1) is 0 Å². The molecule has 0 amide bonds. The van der Waals surface area contributed by atoms with Crippen molar-refractivity contribution in [3.8, 4) is 0 Å². The molecule has 0 aliphatic rings. The fourth-order valence-corrected chi connectivity index (χ4v) is 3.63. The zero-order valence-electron chi connectivity index (χ0n) is 10.9. The molecule has 0 radical (unpaired) electrons. The zero-order valence-corrected chi connectivity index (χ0v) is 11.7. The SMILES string of the molecule is Cc1n[nH]c(C)c1S(=O)(=O)Nc1cccc2cn[nH]c12. The molecule has 2 aromatic heterocycles. The van der Waals surface area contributed by atoms with Crippen LogP contribution < -0.4 is 4.72 Å². The Morgan fingerprint density at radius 3 is 2.70 bits per heavy atom. The molecule has 2 heterocycles. The van der Waals surface area contributed by atoms with Crippen LogP contribution in [0.1, 0.15) is 11.4 Å². The van der Waals surface area contributed by atoms with E-state index in [2.05, 4.69) is 25.1 Å². The second-order valence-corrected chi connectivity index (χ2v) is 6.13. The average molecular weight is 291 g/mol. The van der Waals surface area contributed by atoms with Crippen LogP contribution >= 0.6 is 0 Å². The number of benzene rings is 1. The highest BCUT2D eigenvalue weighted by atomic mass is 32.2. The summed E-state index contributed by atoms with van der Waals surface area (Å²) in [5, 5.41) is 14.1. The number of hydrogen-bond acceptors (Lipinski definition) is 4. The summed E-state index contributed by atoms with van der Waals surface area (Å²) in [5.41, 5.74) is 2.05. The van der Waals surface area contributed by atoms with Crippen LogP contribution in [0.2, 0.25) is 0 Å². The van der Waals surface area contributed by atoms with Gasteiger partial charge in [0.05, 0.1) is 28.8 Å². The number of rotatable bonds is 3. The molecule has 0 aliphatic heterocycles. The van der Waals surface area contributed by atoms with Gasteiger partial charge in [-0.2, -0.15) is 10.2 Å². The van der Waals surface area contributed by atoms with Crippen LogP contribution in [0, 0.1) is 13.8 Å². The van der Waals surface area contributed by atoms with Gasteiger partial charge in [0.2, 0.25) is 0 Å². The van der Waals surface area contributed by atoms with E-state index >= 15 is 0 Å². The van der Waals surface area contributed by atoms with Crippen molar-refractivity contribution in [1.82, 2.24) is 20.4 Å². The van der Waals surface area contributed by atoms with Crippen LogP contribution in [0.15, 0.2) is 29.3 Å². The lowest BCUT2D eigenvalue weighted by molar-refractivity contribution is 0.600. The summed E-state index contributed by atoms with van der Waals surface area (Å²) in [6.45, 7) is 3.32. The fraction of sp³-hybridized carbons (Fsp3) is 0.167. The number of H-pyrrole nitrogens is 2. The molecule has 3 aromatic rings. The summed E-state index contributed by atoms with van der Waals surface area (Å²) in [6.07, 6.45) is 1.64. The second kappa shape index (κ2) is 4.34. The standard InChI is InChI=1S/C12H13N5O2S/c1-7-12(8(2)15-14-7)20(18,19)17-10-5-3-4-9-6-13-16-11(9)10/h3-6,17H,1-2H3,(H,13,16)(H,14,15). The number of nitrogens with zero attached hydrogens (tertiary/aromatic N) is 2. The summed E-state index contributed by atoms with van der Waals surface area (Å²) in [6, 6.07) is 5.30. The highest BCUT2D eigenvalue weighted by Gasteiger charge is 2.23. The van der Waals surface area contributed by atoms with Gasteiger partial charge in [-0.25, -0.2) is 8.42 Å². The summed E-state index contributed by atoms with van der Waals surface area (Å²) < 4.78 is 27.5. The zero-order chi connectivity index (χ0) is 14.3. The van der Waals surface area contributed by atoms with E-state index in [1.165, 1.54) is 0 Å². The van der Waals surface area contributed by atoms with Gasteiger partial charge >= 0.3 is 0 Å². The Bertz CT molecular complexity index is 859. The molecule has 0 saturated heterocycles. The Labute approximate surface area is 115 Å². The lowest BCUT2D eigenvalue weighted by Crippen LogP contribution is -2.14. The molecule has 1 aromatic carbocycles. The van der Waals surface area contributed by atoms with Gasteiger partial charge in [0.1, 0.15) is 4.90 Å². The van der Waals surface area contributed by atoms with Gasteiger partial charge in [0, 0.05) is 5.39 Å². The molecule has 7 nitrogen and oxygen atoms in total. The summed E-state index contributed by atoms with van der Waals surface area (Å²) in [5.74, 6) is 0. The summed E-state index contributed by atoms with van der Waals surface area (Å²) in [4.78, 5) is 0.175. The molecule has 0 fully saturated rings. The molecule has 3 N–H and O–H groups in total. The predicted molar refractivity (Wildman–Crippen MR) is 75.0 cm³/mol. The van der Waals surface area contributed by atoms with E-state index in [-0.39, 0.29) is 4.90 Å². The lowest BCUT2D eigenvalue weighted by atomic mass is 10.2. The Balaban J connectivity index is 2.09. The molecular formula is C12H13N5O2S. The van der Waals surface area contributed by atoms with Crippen molar-refractivity contribution in [3.05, 3.63) is 35.8 Å². The maximum atomic E-state index is 12.5. The first-order valence-electron chi connectivity index (χ1n) is 5.95. The fourth-order valence-electron chi connectivity index (χ4n) is 2.19. The topological polar surface area (TPSA) is 104 Å². The number of fused-ring (bicyclic) bond motifs is 1. The predicted octanol–water partition coefficient (Wildman–Crippen LogP) is 1.70. The van der Waals surface area contributed by atoms with Crippen molar-refractivity contribution in [3.63, 3.8) is 0 Å². The first kappa shape index (κ1) is 12.7. The van der Waals surface area contributed by atoms with Gasteiger partial charge in [0.25, 0.3) is 10.0 Å². The van der Waals surface area contributed by atoms with Gasteiger partial charge in [-0.3, -0.25) is 14.9 Å². The van der Waals surface area contributed by atoms with E-state index in [0.29, 0.717) is 22.6 Å². The van der Waals surface area contributed by atoms with Crippen LogP contribution in [0.4, 0.5) is 5.69 Å². The molecule has 20 heavy (non-hydrogen) atoms. The minimum absolute atomic E-state index is 0.175. The van der Waals surface area contributed by atoms with Crippen molar-refractivity contribution in [2.45, 2.75) is 18.7 Å². The van der Waals surface area contributed by atoms with Gasteiger partial charge in [-0.05, 0) is 19.9 Å². The maximum Gasteiger partial charge on any atom is 0.265 e. The minimum atomic E-state index is -3.69. The number of aromatic amines is 2. The van der Waals surface area contributed by atoms with E-state index in [1.54, 1.807) is 32.2 Å². The first-order chi connectivity index (χ1) is 9.49. The molecule has 0 atom stereocenters. The molecule has 8 heteroatoms. The third-order valence-electron chi connectivity index (χ3n) is 3.05. The van der Waals surface area contributed by atoms with Crippen molar-refractivity contribution >= 4 is 26.6 Å². The van der Waals surface area contributed by atoms with Crippen molar-refractivity contribution in [1.29, 1.82) is 0 Å². The van der Waals surface area contributed by atoms with E-state index in [4.69, 9.17) is 0 Å². The summed E-state index contributed by atoms with van der Waals surface area (Å²) >= 11 is 0. The van der Waals surface area contributed by atoms with Crippen molar-refractivity contribution < 1.29 is 8.42 Å². The number of sulfonamides is 1. The average Bonchev–Trinajstić information content (AvgIpc) is 2.96. The van der Waals surface area contributed by atoms with Crippen LogP contribution in [-0.4, -0.2) is 28.8 Å². The van der Waals surface area contributed by atoms with E-state index in [1.807, 2.05) is 6.07 Å². The molecule has 0 unspecified atom stereocenters. The van der Waals surface area contributed by atoms with E-state index in [9.17, 15) is 8.42 Å². The third-order valence-corrected chi connectivity index (χ3v) is 4.68. The minimum Gasteiger partial charge on any atom is -0.281 e. The number of nitrogens with one attached hydrogen (secondary N) is 3. The van der Waals surface area contributed by atoms with Gasteiger partial charge in [-0.1, -0.05) is 12.1 Å². The van der Waals surface area contributed by atoms with Crippen molar-refractivity contribution in [2.24, 2.45) is 0 Å². The smallest absolute Gasteiger partial charge is 0.265 e. The lowest BCUT2D eigenvalue weighted by Gasteiger charge is -2.08. The van der Waals surface area contributed by atoms with Crippen LogP contribution in [0.5, 0.6) is 0 Å². The summed E-state index contributed by atoms with van der Waals surface area (Å²) in [7, 11) is -3.69. The largest absolute Gasteiger partial charge is 0.281 e. The Kier molecular flexibility index (Phi) is 2.75. The maximum absolute atomic E-state index is 12.5. The number of aromatic nitrogens is 4. The monoisotopic (exact) mass is 291 g/mol. The number of hydrogen-bond donors (Lipinski definition) is 3. The second-order valence-electron chi connectivity index (χ2n) is 4.51. The molecule has 0 spiro atoms. The van der Waals surface area contributed by atoms with Crippen LogP contribution in [-0.2, 0) is 10.0 Å². The third kappa shape index (κ3) is 1.94. The van der Waals surface area contributed by atoms with E-state index in [0.717, 1.165) is 5.39 Å². The van der Waals surface area contributed by atoms with Gasteiger partial charge < -0.3 is 0 Å². The normalized spacial score (nSPS) is 11.9. The van der Waals surface area contributed by atoms with Crippen LogP contribution in [0.25, 0.3) is 10.9 Å². The van der Waals surface area contributed by atoms with E-state index < -0.39 is 10.0 Å². The number of anilines is 1. The number of para-hydroxylation sites is 1. The highest BCUT2D eigenvalue weighted by Crippen LogP contribution is 2.25. The highest BCUT2D eigenvalue weighted by molar-refractivity contribution is 7.92. The quantitative estimate of drug-likeness (QED) is 0.683. The van der Waals surface area contributed by atoms with Crippen molar-refractivity contribution in [2.75, 3.05) is 4.72 Å². The number of aryl methyl sites for hydroxylation is 2. The Morgan fingerprint density at radius 1 is 1.20 bits per heavy atom. The van der Waals surface area contributed by atoms with Gasteiger partial charge in [0.15, 0.2) is 0 Å². The molecule has 104 valence electrons. The Hall–Kier alpha value is -2.35. The van der Waals surface area contributed by atoms with Crippen LogP contribution in [0.3, 0.4) is 0 Å².